The third kappa shape index (κ3) is 4.13. The first-order valence-corrected chi connectivity index (χ1v) is 7.47. The van der Waals surface area contributed by atoms with Gasteiger partial charge in [0.2, 0.25) is 17.7 Å². The van der Waals surface area contributed by atoms with Gasteiger partial charge in [0.15, 0.2) is 0 Å². The minimum Gasteiger partial charge on any atom is -0.419 e. The largest absolute Gasteiger partial charge is 0.419 e. The highest BCUT2D eigenvalue weighted by Crippen LogP contribution is 2.16. The fourth-order valence-corrected chi connectivity index (χ4v) is 1.99. The molecule has 0 aliphatic carbocycles. The first kappa shape index (κ1) is 15.6. The smallest absolute Gasteiger partial charge is 0.249 e. The average molecular weight is 320 g/mol. The molecule has 0 atom stereocenters. The zero-order valence-corrected chi connectivity index (χ0v) is 13.1. The van der Waals surface area contributed by atoms with Crippen LogP contribution in [0.1, 0.15) is 17.1 Å². The molecule has 0 bridgehead atoms. The molecule has 6 heteroatoms. The summed E-state index contributed by atoms with van der Waals surface area (Å²) in [6, 6.07) is 13.3. The van der Waals surface area contributed by atoms with E-state index in [1.807, 2.05) is 49.4 Å². The maximum absolute atomic E-state index is 11.8. The van der Waals surface area contributed by atoms with Crippen LogP contribution in [0.25, 0.3) is 17.5 Å². The molecule has 0 spiro atoms. The van der Waals surface area contributed by atoms with Crippen molar-refractivity contribution in [2.45, 2.75) is 13.5 Å². The highest BCUT2D eigenvalue weighted by atomic mass is 16.4. The maximum Gasteiger partial charge on any atom is 0.249 e. The van der Waals surface area contributed by atoms with E-state index in [1.165, 1.54) is 6.08 Å². The summed E-state index contributed by atoms with van der Waals surface area (Å²) < 4.78 is 5.52. The van der Waals surface area contributed by atoms with Gasteiger partial charge in [-0.15, -0.1) is 10.2 Å². The molecule has 2 heterocycles. The summed E-state index contributed by atoms with van der Waals surface area (Å²) in [6.07, 6.45) is 4.89. The number of hydrogen-bond acceptors (Lipinski definition) is 5. The third-order valence-corrected chi connectivity index (χ3v) is 3.27. The number of aromatic nitrogens is 3. The molecule has 24 heavy (non-hydrogen) atoms. The Morgan fingerprint density at radius 1 is 1.17 bits per heavy atom. The minimum atomic E-state index is -0.226. The van der Waals surface area contributed by atoms with Gasteiger partial charge in [0, 0.05) is 18.0 Å². The van der Waals surface area contributed by atoms with E-state index < -0.39 is 0 Å². The van der Waals surface area contributed by atoms with Gasteiger partial charge in [-0.3, -0.25) is 9.78 Å². The van der Waals surface area contributed by atoms with Crippen molar-refractivity contribution >= 4 is 12.0 Å². The second-order valence-corrected chi connectivity index (χ2v) is 5.15. The standard InChI is InChI=1S/C18H16N4O2/c1-13-7-9-15(11-19-13)18-22-21-17(24-18)12-20-16(23)10-8-14-5-3-2-4-6-14/h2-11H,12H2,1H3,(H,20,23). The maximum atomic E-state index is 11.8. The lowest BCUT2D eigenvalue weighted by Crippen LogP contribution is -2.20. The van der Waals surface area contributed by atoms with Crippen LogP contribution in [0.15, 0.2) is 59.2 Å². The Labute approximate surface area is 139 Å². The highest BCUT2D eigenvalue weighted by Gasteiger charge is 2.09. The number of hydrogen-bond donors (Lipinski definition) is 1. The SMILES string of the molecule is Cc1ccc(-c2nnc(CNC(=O)C=Cc3ccccc3)o2)cn1. The summed E-state index contributed by atoms with van der Waals surface area (Å²) in [5.41, 5.74) is 2.62. The fourth-order valence-electron chi connectivity index (χ4n) is 1.99. The van der Waals surface area contributed by atoms with Gasteiger partial charge in [0.25, 0.3) is 0 Å². The van der Waals surface area contributed by atoms with Crippen molar-refractivity contribution < 1.29 is 9.21 Å². The van der Waals surface area contributed by atoms with Crippen LogP contribution < -0.4 is 5.32 Å². The van der Waals surface area contributed by atoms with Gasteiger partial charge >= 0.3 is 0 Å². The predicted molar refractivity (Wildman–Crippen MR) is 89.6 cm³/mol. The Hall–Kier alpha value is -3.28. The van der Waals surface area contributed by atoms with Gasteiger partial charge in [0.1, 0.15) is 0 Å². The molecule has 1 aromatic carbocycles. The van der Waals surface area contributed by atoms with Crippen LogP contribution in [0.3, 0.4) is 0 Å². The summed E-state index contributed by atoms with van der Waals surface area (Å²) in [5, 5.41) is 10.6. The average Bonchev–Trinajstić information content (AvgIpc) is 3.09. The first-order valence-electron chi connectivity index (χ1n) is 7.47. The molecule has 0 radical (unpaired) electrons. The lowest BCUT2D eigenvalue weighted by molar-refractivity contribution is -0.116. The highest BCUT2D eigenvalue weighted by molar-refractivity contribution is 5.91. The number of carbonyl (C=O) groups excluding carboxylic acids is 1. The molecule has 0 aliphatic rings. The van der Waals surface area contributed by atoms with Crippen LogP contribution in [0, 0.1) is 6.92 Å². The zero-order valence-electron chi connectivity index (χ0n) is 13.1. The molecule has 0 aliphatic heterocycles. The number of rotatable bonds is 5. The van der Waals surface area contributed by atoms with Crippen LogP contribution in [0.5, 0.6) is 0 Å². The number of benzene rings is 1. The molecule has 6 nitrogen and oxygen atoms in total. The molecule has 2 aromatic heterocycles. The minimum absolute atomic E-state index is 0.171. The van der Waals surface area contributed by atoms with Gasteiger partial charge in [-0.1, -0.05) is 30.3 Å². The monoisotopic (exact) mass is 320 g/mol. The third-order valence-electron chi connectivity index (χ3n) is 3.27. The van der Waals surface area contributed by atoms with E-state index in [2.05, 4.69) is 20.5 Å². The van der Waals surface area contributed by atoms with E-state index in [-0.39, 0.29) is 12.5 Å². The van der Waals surface area contributed by atoms with Crippen molar-refractivity contribution in [2.24, 2.45) is 0 Å². The first-order chi connectivity index (χ1) is 11.7. The van der Waals surface area contributed by atoms with E-state index in [9.17, 15) is 4.79 Å². The van der Waals surface area contributed by atoms with Gasteiger partial charge in [-0.05, 0) is 30.7 Å². The summed E-state index contributed by atoms with van der Waals surface area (Å²) >= 11 is 0. The van der Waals surface area contributed by atoms with E-state index in [0.717, 1.165) is 16.8 Å². The van der Waals surface area contributed by atoms with E-state index in [0.29, 0.717) is 11.8 Å². The topological polar surface area (TPSA) is 80.9 Å². The summed E-state index contributed by atoms with van der Waals surface area (Å²) in [6.45, 7) is 2.08. The van der Waals surface area contributed by atoms with Crippen LogP contribution in [-0.2, 0) is 11.3 Å². The van der Waals surface area contributed by atoms with Crippen molar-refractivity contribution in [1.82, 2.24) is 20.5 Å². The van der Waals surface area contributed by atoms with Crippen molar-refractivity contribution in [2.75, 3.05) is 0 Å². The molecular formula is C18H16N4O2. The lowest BCUT2D eigenvalue weighted by atomic mass is 10.2. The van der Waals surface area contributed by atoms with E-state index >= 15 is 0 Å². The molecule has 1 N–H and O–H groups in total. The number of aryl methyl sites for hydroxylation is 1. The van der Waals surface area contributed by atoms with Crippen molar-refractivity contribution in [1.29, 1.82) is 0 Å². The summed E-state index contributed by atoms with van der Waals surface area (Å²) in [4.78, 5) is 16.0. The zero-order chi connectivity index (χ0) is 16.8. The molecule has 3 rings (SSSR count). The fraction of sp³-hybridized carbons (Fsp3) is 0.111. The molecule has 1 amide bonds. The molecule has 120 valence electrons. The second-order valence-electron chi connectivity index (χ2n) is 5.15. The molecule has 0 saturated carbocycles. The molecule has 0 unspecified atom stereocenters. The van der Waals surface area contributed by atoms with Crippen LogP contribution in [-0.4, -0.2) is 21.1 Å². The van der Waals surface area contributed by atoms with Gasteiger partial charge in [-0.2, -0.15) is 0 Å². The van der Waals surface area contributed by atoms with E-state index in [1.54, 1.807) is 12.3 Å². The van der Waals surface area contributed by atoms with Crippen LogP contribution in [0.4, 0.5) is 0 Å². The Kier molecular flexibility index (Phi) is 4.76. The van der Waals surface area contributed by atoms with Crippen LogP contribution >= 0.6 is 0 Å². The van der Waals surface area contributed by atoms with Crippen molar-refractivity contribution in [3.8, 4) is 11.5 Å². The summed E-state index contributed by atoms with van der Waals surface area (Å²) in [5.74, 6) is 0.495. The Morgan fingerprint density at radius 2 is 2.00 bits per heavy atom. The number of pyridine rings is 1. The Balaban J connectivity index is 1.56. The molecule has 0 saturated heterocycles. The number of nitrogens with one attached hydrogen (secondary N) is 1. The van der Waals surface area contributed by atoms with Gasteiger partial charge in [0.05, 0.1) is 12.1 Å². The Bertz CT molecular complexity index is 839. The van der Waals surface area contributed by atoms with Crippen molar-refractivity contribution in [3.05, 3.63) is 71.9 Å². The molecular weight excluding hydrogens is 304 g/mol. The molecule has 0 fully saturated rings. The van der Waals surface area contributed by atoms with Gasteiger partial charge in [-0.25, -0.2) is 0 Å². The van der Waals surface area contributed by atoms with Gasteiger partial charge < -0.3 is 9.73 Å². The normalized spacial score (nSPS) is 10.9. The van der Waals surface area contributed by atoms with Crippen molar-refractivity contribution in [3.63, 3.8) is 0 Å². The predicted octanol–water partition coefficient (Wildman–Crippen LogP) is 2.77. The number of amides is 1. The second kappa shape index (κ2) is 7.32. The van der Waals surface area contributed by atoms with E-state index in [4.69, 9.17) is 4.42 Å². The quantitative estimate of drug-likeness (QED) is 0.731. The number of carbonyl (C=O) groups is 1. The number of nitrogens with zero attached hydrogens (tertiary/aromatic N) is 3. The Morgan fingerprint density at radius 3 is 2.75 bits per heavy atom. The lowest BCUT2D eigenvalue weighted by Gasteiger charge is -1.98. The van der Waals surface area contributed by atoms with Crippen LogP contribution in [0.2, 0.25) is 0 Å². The molecule has 3 aromatic rings. The summed E-state index contributed by atoms with van der Waals surface area (Å²) in [7, 11) is 0.